The number of hydrogen-bond donors (Lipinski definition) is 0. The Morgan fingerprint density at radius 1 is 1.12 bits per heavy atom. The van der Waals surface area contributed by atoms with Crippen molar-refractivity contribution in [2.45, 2.75) is 30.9 Å². The standard InChI is InChI=1S/C11H14F2O2S/c1-8(2)7-9-3-5-10(6-4-9)16(14,15)11(12)13/h3-6,8,11H,7H2,1-2H3. The summed E-state index contributed by atoms with van der Waals surface area (Å²) in [6.07, 6.45) is 0.801. The zero-order valence-electron chi connectivity index (χ0n) is 9.15. The number of benzene rings is 1. The lowest BCUT2D eigenvalue weighted by Crippen LogP contribution is -2.11. The van der Waals surface area contributed by atoms with Crippen molar-refractivity contribution < 1.29 is 17.2 Å². The van der Waals surface area contributed by atoms with Crippen LogP contribution in [-0.2, 0) is 16.3 Å². The van der Waals surface area contributed by atoms with Gasteiger partial charge in [-0.25, -0.2) is 8.42 Å². The first-order chi connectivity index (χ1) is 7.34. The zero-order valence-corrected chi connectivity index (χ0v) is 9.97. The molecule has 0 spiro atoms. The van der Waals surface area contributed by atoms with Crippen LogP contribution in [0.15, 0.2) is 29.2 Å². The Kier molecular flexibility index (Phi) is 4.02. The Labute approximate surface area is 94.2 Å². The molecule has 0 heterocycles. The molecule has 2 nitrogen and oxygen atoms in total. The van der Waals surface area contributed by atoms with E-state index >= 15 is 0 Å². The molecule has 0 aliphatic rings. The van der Waals surface area contributed by atoms with Crippen LogP contribution < -0.4 is 0 Å². The van der Waals surface area contributed by atoms with Crippen LogP contribution in [0.1, 0.15) is 19.4 Å². The van der Waals surface area contributed by atoms with Crippen LogP contribution >= 0.6 is 0 Å². The van der Waals surface area contributed by atoms with Crippen molar-refractivity contribution in [3.8, 4) is 0 Å². The predicted octanol–water partition coefficient (Wildman–Crippen LogP) is 2.88. The van der Waals surface area contributed by atoms with Gasteiger partial charge in [-0.05, 0) is 30.0 Å². The minimum absolute atomic E-state index is 0.324. The summed E-state index contributed by atoms with van der Waals surface area (Å²) in [5.74, 6) is -2.92. The lowest BCUT2D eigenvalue weighted by Gasteiger charge is -2.06. The van der Waals surface area contributed by atoms with Gasteiger partial charge in [0, 0.05) is 0 Å². The number of hydrogen-bond acceptors (Lipinski definition) is 2. The largest absolute Gasteiger partial charge is 0.341 e. The molecule has 0 aromatic heterocycles. The molecule has 0 aliphatic carbocycles. The Morgan fingerprint density at radius 3 is 2.00 bits per heavy atom. The first-order valence-electron chi connectivity index (χ1n) is 4.95. The summed E-state index contributed by atoms with van der Waals surface area (Å²) < 4.78 is 46.7. The van der Waals surface area contributed by atoms with E-state index in [1.165, 1.54) is 12.1 Å². The van der Waals surface area contributed by atoms with E-state index in [0.717, 1.165) is 12.0 Å². The molecule has 0 saturated carbocycles. The summed E-state index contributed by atoms with van der Waals surface area (Å²) in [4.78, 5) is -0.324. The van der Waals surface area contributed by atoms with Crippen LogP contribution in [0.3, 0.4) is 0 Å². The normalized spacial score (nSPS) is 12.4. The number of alkyl halides is 2. The third-order valence-electron chi connectivity index (χ3n) is 2.13. The number of halogens is 2. The van der Waals surface area contributed by atoms with E-state index in [2.05, 4.69) is 0 Å². The molecule has 0 unspecified atom stereocenters. The Hall–Kier alpha value is -0.970. The molecule has 1 rings (SSSR count). The molecule has 0 N–H and O–H groups in total. The fraction of sp³-hybridized carbons (Fsp3) is 0.455. The Balaban J connectivity index is 2.96. The van der Waals surface area contributed by atoms with Gasteiger partial charge in [-0.1, -0.05) is 26.0 Å². The third-order valence-corrected chi connectivity index (χ3v) is 3.53. The summed E-state index contributed by atoms with van der Waals surface area (Å²) in [5.41, 5.74) is 0.947. The number of sulfone groups is 1. The van der Waals surface area contributed by atoms with Crippen LogP contribution in [0.5, 0.6) is 0 Å². The van der Waals surface area contributed by atoms with Gasteiger partial charge in [-0.2, -0.15) is 8.78 Å². The summed E-state index contributed by atoms with van der Waals surface area (Å²) in [7, 11) is -4.46. The fourth-order valence-corrected chi connectivity index (χ4v) is 2.11. The molecular formula is C11H14F2O2S. The highest BCUT2D eigenvalue weighted by Crippen LogP contribution is 2.19. The molecule has 90 valence electrons. The van der Waals surface area contributed by atoms with Gasteiger partial charge < -0.3 is 0 Å². The summed E-state index contributed by atoms with van der Waals surface area (Å²) in [5, 5.41) is 0. The van der Waals surface area contributed by atoms with E-state index in [1.807, 2.05) is 13.8 Å². The molecular weight excluding hydrogens is 234 g/mol. The van der Waals surface area contributed by atoms with Crippen molar-refractivity contribution in [1.29, 1.82) is 0 Å². The van der Waals surface area contributed by atoms with Crippen molar-refractivity contribution in [3.05, 3.63) is 29.8 Å². The second kappa shape index (κ2) is 4.91. The van der Waals surface area contributed by atoms with Gasteiger partial charge in [0.1, 0.15) is 0 Å². The highest BCUT2D eigenvalue weighted by atomic mass is 32.2. The Morgan fingerprint density at radius 2 is 1.62 bits per heavy atom. The van der Waals surface area contributed by atoms with Crippen LogP contribution in [0, 0.1) is 5.92 Å². The minimum atomic E-state index is -4.46. The molecule has 0 saturated heterocycles. The topological polar surface area (TPSA) is 34.1 Å². The summed E-state index contributed by atoms with van der Waals surface area (Å²) in [6.45, 7) is 4.06. The second-order valence-corrected chi connectivity index (χ2v) is 5.97. The average Bonchev–Trinajstić information content (AvgIpc) is 2.17. The van der Waals surface area contributed by atoms with Gasteiger partial charge in [0.05, 0.1) is 4.90 Å². The second-order valence-electron chi connectivity index (χ2n) is 4.05. The van der Waals surface area contributed by atoms with Crippen LogP contribution in [0.2, 0.25) is 0 Å². The van der Waals surface area contributed by atoms with E-state index in [-0.39, 0.29) is 4.90 Å². The van der Waals surface area contributed by atoms with Gasteiger partial charge in [0.2, 0.25) is 9.84 Å². The van der Waals surface area contributed by atoms with Gasteiger partial charge in [0.15, 0.2) is 0 Å². The van der Waals surface area contributed by atoms with Crippen LogP contribution in [0.25, 0.3) is 0 Å². The highest BCUT2D eigenvalue weighted by Gasteiger charge is 2.26. The molecule has 0 atom stereocenters. The molecule has 1 aromatic carbocycles. The number of rotatable bonds is 4. The van der Waals surface area contributed by atoms with Crippen molar-refractivity contribution in [2.75, 3.05) is 0 Å². The molecule has 0 amide bonds. The van der Waals surface area contributed by atoms with Gasteiger partial charge >= 0.3 is 5.76 Å². The summed E-state index contributed by atoms with van der Waals surface area (Å²) >= 11 is 0. The first kappa shape index (κ1) is 13.1. The smallest absolute Gasteiger partial charge is 0.218 e. The summed E-state index contributed by atoms with van der Waals surface area (Å²) in [6, 6.07) is 5.63. The molecule has 0 aliphatic heterocycles. The highest BCUT2D eigenvalue weighted by molar-refractivity contribution is 7.91. The minimum Gasteiger partial charge on any atom is -0.218 e. The molecule has 5 heteroatoms. The lowest BCUT2D eigenvalue weighted by molar-refractivity contribution is 0.234. The molecule has 0 bridgehead atoms. The lowest BCUT2D eigenvalue weighted by atomic mass is 10.0. The van der Waals surface area contributed by atoms with E-state index < -0.39 is 15.6 Å². The first-order valence-corrected chi connectivity index (χ1v) is 6.49. The van der Waals surface area contributed by atoms with Gasteiger partial charge in [0.25, 0.3) is 0 Å². The van der Waals surface area contributed by atoms with Crippen molar-refractivity contribution in [1.82, 2.24) is 0 Å². The quantitative estimate of drug-likeness (QED) is 0.821. The maximum Gasteiger partial charge on any atom is 0.341 e. The Bertz CT molecular complexity index is 436. The monoisotopic (exact) mass is 248 g/mol. The van der Waals surface area contributed by atoms with Gasteiger partial charge in [-0.3, -0.25) is 0 Å². The molecule has 16 heavy (non-hydrogen) atoms. The maximum absolute atomic E-state index is 12.2. The average molecular weight is 248 g/mol. The van der Waals surface area contributed by atoms with E-state index in [0.29, 0.717) is 5.92 Å². The van der Waals surface area contributed by atoms with Crippen molar-refractivity contribution >= 4 is 9.84 Å². The SMILES string of the molecule is CC(C)Cc1ccc(S(=O)(=O)C(F)F)cc1. The van der Waals surface area contributed by atoms with E-state index in [1.54, 1.807) is 12.1 Å². The maximum atomic E-state index is 12.2. The zero-order chi connectivity index (χ0) is 12.3. The molecule has 1 aromatic rings. The third kappa shape index (κ3) is 3.01. The van der Waals surface area contributed by atoms with E-state index in [9.17, 15) is 17.2 Å². The molecule has 0 fully saturated rings. The van der Waals surface area contributed by atoms with Gasteiger partial charge in [-0.15, -0.1) is 0 Å². The van der Waals surface area contributed by atoms with Crippen molar-refractivity contribution in [3.63, 3.8) is 0 Å². The molecule has 0 radical (unpaired) electrons. The van der Waals surface area contributed by atoms with Crippen LogP contribution in [-0.4, -0.2) is 14.2 Å². The van der Waals surface area contributed by atoms with Crippen LogP contribution in [0.4, 0.5) is 8.78 Å². The van der Waals surface area contributed by atoms with E-state index in [4.69, 9.17) is 0 Å². The fourth-order valence-electron chi connectivity index (χ4n) is 1.39. The van der Waals surface area contributed by atoms with Crippen molar-refractivity contribution in [2.24, 2.45) is 5.92 Å². The predicted molar refractivity (Wildman–Crippen MR) is 58.2 cm³/mol.